The van der Waals surface area contributed by atoms with Crippen LogP contribution in [0.3, 0.4) is 0 Å². The molecule has 0 amide bonds. The fraction of sp³-hybridized carbons (Fsp3) is 0.500. The van der Waals surface area contributed by atoms with Gasteiger partial charge in [0.25, 0.3) is 5.69 Å². The molecule has 2 aromatic carbocycles. The lowest BCUT2D eigenvalue weighted by Crippen LogP contribution is -2.43. The number of aliphatic hydroxyl groups excluding tert-OH is 1. The van der Waals surface area contributed by atoms with Gasteiger partial charge in [-0.15, -0.1) is 5.10 Å². The van der Waals surface area contributed by atoms with E-state index in [4.69, 9.17) is 4.74 Å². The monoisotopic (exact) mass is 488 g/mol. The molecule has 5 atom stereocenters. The van der Waals surface area contributed by atoms with Crippen molar-refractivity contribution in [3.8, 4) is 5.75 Å². The highest BCUT2D eigenvalue weighted by Crippen LogP contribution is 2.60. The maximum atomic E-state index is 10.8. The molecule has 8 heteroatoms. The Labute approximate surface area is 210 Å². The van der Waals surface area contributed by atoms with Crippen molar-refractivity contribution in [1.82, 2.24) is 15.0 Å². The number of hydrogen-bond acceptors (Lipinski definition) is 6. The predicted octanol–water partition coefficient (Wildman–Crippen LogP) is 5.03. The molecule has 2 fully saturated rings. The van der Waals surface area contributed by atoms with Crippen molar-refractivity contribution in [2.24, 2.45) is 17.3 Å². The number of nitro benzene ring substituents is 1. The maximum absolute atomic E-state index is 10.8. The second kappa shape index (κ2) is 9.00. The topological polar surface area (TPSA) is 103 Å². The molecule has 8 nitrogen and oxygen atoms in total. The van der Waals surface area contributed by atoms with Gasteiger partial charge >= 0.3 is 0 Å². The van der Waals surface area contributed by atoms with Crippen LogP contribution in [0.4, 0.5) is 5.69 Å². The van der Waals surface area contributed by atoms with E-state index >= 15 is 0 Å². The molecule has 0 saturated heterocycles. The Morgan fingerprint density at radius 3 is 2.81 bits per heavy atom. The van der Waals surface area contributed by atoms with E-state index in [0.717, 1.165) is 36.3 Å². The van der Waals surface area contributed by atoms with Gasteiger partial charge in [-0.1, -0.05) is 30.3 Å². The van der Waals surface area contributed by atoms with E-state index < -0.39 is 4.92 Å². The zero-order chi connectivity index (χ0) is 24.9. The van der Waals surface area contributed by atoms with Gasteiger partial charge in [0.1, 0.15) is 18.1 Å². The molecule has 1 N–H and O–H groups in total. The van der Waals surface area contributed by atoms with Crippen LogP contribution in [0.15, 0.2) is 48.7 Å². The SMILES string of the molecule is C[C@@]12CC[C@@H]3c4ccc(OCc5cn(Cc6ccc([N+](=O)[O-])cc6)nn5)cc4CC[C@H]3[C@@H]1CC[C@@H]2O. The van der Waals surface area contributed by atoms with E-state index in [2.05, 4.69) is 35.4 Å². The van der Waals surface area contributed by atoms with E-state index in [0.29, 0.717) is 30.9 Å². The summed E-state index contributed by atoms with van der Waals surface area (Å²) in [6.07, 6.45) is 8.40. The average Bonchev–Trinajstić information content (AvgIpc) is 3.46. The fourth-order valence-corrected chi connectivity index (χ4v) is 7.17. The number of nitro groups is 1. The third kappa shape index (κ3) is 4.07. The van der Waals surface area contributed by atoms with Gasteiger partial charge in [-0.2, -0.15) is 0 Å². The van der Waals surface area contributed by atoms with Crippen LogP contribution in [0.2, 0.25) is 0 Å². The van der Waals surface area contributed by atoms with Gasteiger partial charge in [0, 0.05) is 12.1 Å². The van der Waals surface area contributed by atoms with Crippen LogP contribution in [0, 0.1) is 27.4 Å². The summed E-state index contributed by atoms with van der Waals surface area (Å²) in [5, 5.41) is 29.8. The second-order valence-corrected chi connectivity index (χ2v) is 11.0. The fourth-order valence-electron chi connectivity index (χ4n) is 7.17. The van der Waals surface area contributed by atoms with Crippen molar-refractivity contribution in [3.63, 3.8) is 0 Å². The Morgan fingerprint density at radius 1 is 1.17 bits per heavy atom. The number of nitrogens with zero attached hydrogens (tertiary/aromatic N) is 4. The normalized spacial score (nSPS) is 28.7. The highest BCUT2D eigenvalue weighted by Gasteiger charge is 2.54. The highest BCUT2D eigenvalue weighted by atomic mass is 16.6. The van der Waals surface area contributed by atoms with Gasteiger partial charge in [-0.05, 0) is 90.5 Å². The van der Waals surface area contributed by atoms with Crippen LogP contribution in [-0.4, -0.2) is 31.1 Å². The maximum Gasteiger partial charge on any atom is 0.269 e. The first kappa shape index (κ1) is 23.2. The van der Waals surface area contributed by atoms with Crippen LogP contribution in [0.25, 0.3) is 0 Å². The van der Waals surface area contributed by atoms with E-state index in [1.807, 2.05) is 6.20 Å². The van der Waals surface area contributed by atoms with Crippen LogP contribution >= 0.6 is 0 Å². The molecule has 0 radical (unpaired) electrons. The number of fused-ring (bicyclic) bond motifs is 5. The molecule has 0 unspecified atom stereocenters. The van der Waals surface area contributed by atoms with Crippen LogP contribution in [0.5, 0.6) is 5.75 Å². The summed E-state index contributed by atoms with van der Waals surface area (Å²) >= 11 is 0. The molecule has 6 rings (SSSR count). The molecule has 0 spiro atoms. The molecule has 0 bridgehead atoms. The zero-order valence-corrected chi connectivity index (χ0v) is 20.5. The average molecular weight is 489 g/mol. The lowest BCUT2D eigenvalue weighted by atomic mass is 9.55. The Balaban J connectivity index is 1.09. The summed E-state index contributed by atoms with van der Waals surface area (Å²) in [4.78, 5) is 10.4. The molecule has 36 heavy (non-hydrogen) atoms. The number of hydrogen-bond donors (Lipinski definition) is 1. The third-order valence-electron chi connectivity index (χ3n) is 9.11. The molecule has 2 saturated carbocycles. The summed E-state index contributed by atoms with van der Waals surface area (Å²) < 4.78 is 7.79. The van der Waals surface area contributed by atoms with E-state index in [-0.39, 0.29) is 17.2 Å². The van der Waals surface area contributed by atoms with Crippen molar-refractivity contribution in [3.05, 3.63) is 81.2 Å². The molecule has 3 aliphatic carbocycles. The summed E-state index contributed by atoms with van der Waals surface area (Å²) in [7, 11) is 0. The molecule has 1 aromatic heterocycles. The van der Waals surface area contributed by atoms with Crippen LogP contribution in [0.1, 0.15) is 67.3 Å². The number of benzene rings is 2. The minimum absolute atomic E-state index is 0.0753. The standard InChI is InChI=1S/C28H32N4O4/c1-28-13-12-24-23-9-7-22(14-19(23)4-8-25(24)26(28)10-11-27(28)33)36-17-20-16-31(30-29-20)15-18-2-5-21(6-3-18)32(34)35/h2-3,5-7,9,14,16,24-27,33H,4,8,10-13,15,17H2,1H3/t24-,25-,26+,27+,28-/m1/s1. The van der Waals surface area contributed by atoms with Crippen molar-refractivity contribution in [2.75, 3.05) is 0 Å². The molecule has 3 aliphatic rings. The van der Waals surface area contributed by atoms with Gasteiger partial charge in [-0.3, -0.25) is 10.1 Å². The summed E-state index contributed by atoms with van der Waals surface area (Å²) in [6.45, 7) is 3.15. The zero-order valence-electron chi connectivity index (χ0n) is 20.5. The Hall–Kier alpha value is -3.26. The van der Waals surface area contributed by atoms with E-state index in [1.165, 1.54) is 42.5 Å². The first-order chi connectivity index (χ1) is 17.4. The van der Waals surface area contributed by atoms with E-state index in [9.17, 15) is 15.2 Å². The van der Waals surface area contributed by atoms with Crippen molar-refractivity contribution in [1.29, 1.82) is 0 Å². The predicted molar refractivity (Wildman–Crippen MR) is 134 cm³/mol. The minimum atomic E-state index is -0.403. The van der Waals surface area contributed by atoms with Gasteiger partial charge < -0.3 is 9.84 Å². The van der Waals surface area contributed by atoms with Gasteiger partial charge in [0.05, 0.1) is 23.8 Å². The lowest BCUT2D eigenvalue weighted by Gasteiger charge is -2.50. The number of aryl methyl sites for hydroxylation is 1. The molecule has 188 valence electrons. The number of rotatable bonds is 6. The lowest BCUT2D eigenvalue weighted by molar-refractivity contribution is -0.384. The molecule has 1 heterocycles. The number of ether oxygens (including phenoxy) is 1. The van der Waals surface area contributed by atoms with Crippen molar-refractivity contribution < 1.29 is 14.8 Å². The van der Waals surface area contributed by atoms with Crippen molar-refractivity contribution in [2.45, 2.75) is 70.6 Å². The Kier molecular flexibility index (Phi) is 5.79. The first-order valence-electron chi connectivity index (χ1n) is 13.0. The Bertz CT molecular complexity index is 1270. The van der Waals surface area contributed by atoms with Gasteiger partial charge in [0.15, 0.2) is 0 Å². The molecule has 0 aliphatic heterocycles. The Morgan fingerprint density at radius 2 is 2.00 bits per heavy atom. The summed E-state index contributed by atoms with van der Waals surface area (Å²) in [5.41, 5.74) is 4.72. The van der Waals surface area contributed by atoms with Crippen LogP contribution in [-0.2, 0) is 19.6 Å². The minimum Gasteiger partial charge on any atom is -0.487 e. The second-order valence-electron chi connectivity index (χ2n) is 11.0. The van der Waals surface area contributed by atoms with E-state index in [1.54, 1.807) is 16.8 Å². The largest absolute Gasteiger partial charge is 0.487 e. The van der Waals surface area contributed by atoms with Gasteiger partial charge in [-0.25, -0.2) is 4.68 Å². The van der Waals surface area contributed by atoms with Gasteiger partial charge in [0.2, 0.25) is 0 Å². The quantitative estimate of drug-likeness (QED) is 0.386. The third-order valence-corrected chi connectivity index (χ3v) is 9.11. The first-order valence-corrected chi connectivity index (χ1v) is 13.0. The van der Waals surface area contributed by atoms with Crippen LogP contribution < -0.4 is 4.74 Å². The summed E-state index contributed by atoms with van der Waals surface area (Å²) in [5.74, 6) is 2.79. The number of aliphatic hydroxyl groups is 1. The highest BCUT2D eigenvalue weighted by molar-refractivity contribution is 5.41. The molecular formula is C28H32N4O4. The molecule has 3 aromatic rings. The molecular weight excluding hydrogens is 456 g/mol. The van der Waals surface area contributed by atoms with Crippen molar-refractivity contribution >= 4 is 5.69 Å². The number of aromatic nitrogens is 3. The number of non-ortho nitro benzene ring substituents is 1. The summed E-state index contributed by atoms with van der Waals surface area (Å²) in [6, 6.07) is 13.0. The smallest absolute Gasteiger partial charge is 0.269 e.